The van der Waals surface area contributed by atoms with Gasteiger partial charge in [0.05, 0.1) is 0 Å². The fourth-order valence-corrected chi connectivity index (χ4v) is 1.92. The molecule has 4 N–H and O–H groups in total. The summed E-state index contributed by atoms with van der Waals surface area (Å²) in [6.07, 6.45) is 11.0. The highest BCUT2D eigenvalue weighted by Gasteiger charge is 2.06. The lowest BCUT2D eigenvalue weighted by molar-refractivity contribution is 0.462. The summed E-state index contributed by atoms with van der Waals surface area (Å²) in [6, 6.07) is 0.751. The first-order valence-corrected chi connectivity index (χ1v) is 6.71. The normalized spacial score (nSPS) is 15.2. The monoisotopic (exact) mass is 214 g/mol. The summed E-state index contributed by atoms with van der Waals surface area (Å²) in [7, 11) is 0. The van der Waals surface area contributed by atoms with E-state index in [0.29, 0.717) is 12.1 Å². The smallest absolute Gasteiger partial charge is 0.00394 e. The third-order valence-corrected chi connectivity index (χ3v) is 3.00. The Morgan fingerprint density at radius 3 is 1.80 bits per heavy atom. The van der Waals surface area contributed by atoms with Crippen LogP contribution in [-0.2, 0) is 0 Å². The molecule has 0 radical (unpaired) electrons. The molecule has 0 aliphatic carbocycles. The molecule has 2 unspecified atom stereocenters. The zero-order chi connectivity index (χ0) is 11.5. The van der Waals surface area contributed by atoms with Crippen molar-refractivity contribution in [1.82, 2.24) is 0 Å². The molecule has 0 rings (SSSR count). The predicted molar refractivity (Wildman–Crippen MR) is 68.9 cm³/mol. The van der Waals surface area contributed by atoms with Crippen LogP contribution in [0.5, 0.6) is 0 Å². The second-order valence-corrected chi connectivity index (χ2v) is 4.74. The van der Waals surface area contributed by atoms with Crippen LogP contribution in [-0.4, -0.2) is 12.1 Å². The van der Waals surface area contributed by atoms with Crippen LogP contribution in [0.4, 0.5) is 0 Å². The van der Waals surface area contributed by atoms with Crippen LogP contribution in [0.15, 0.2) is 0 Å². The number of hydrogen-bond donors (Lipinski definition) is 2. The first-order valence-electron chi connectivity index (χ1n) is 6.71. The van der Waals surface area contributed by atoms with Crippen LogP contribution >= 0.6 is 0 Å². The molecule has 0 aromatic rings. The summed E-state index contributed by atoms with van der Waals surface area (Å²) in [6.45, 7) is 4.42. The van der Waals surface area contributed by atoms with Gasteiger partial charge in [0.2, 0.25) is 0 Å². The highest BCUT2D eigenvalue weighted by atomic mass is 14.7. The Balaban J connectivity index is 3.28. The molecule has 0 saturated carbocycles. The molecule has 0 bridgehead atoms. The van der Waals surface area contributed by atoms with E-state index in [1.807, 2.05) is 0 Å². The van der Waals surface area contributed by atoms with Gasteiger partial charge in [-0.3, -0.25) is 0 Å². The van der Waals surface area contributed by atoms with Crippen molar-refractivity contribution < 1.29 is 0 Å². The lowest BCUT2D eigenvalue weighted by Crippen LogP contribution is -2.26. The van der Waals surface area contributed by atoms with Gasteiger partial charge in [-0.15, -0.1) is 0 Å². The van der Waals surface area contributed by atoms with Crippen LogP contribution in [0.2, 0.25) is 0 Å². The van der Waals surface area contributed by atoms with Gasteiger partial charge in [0.1, 0.15) is 0 Å². The molecule has 0 spiro atoms. The summed E-state index contributed by atoms with van der Waals surface area (Å²) >= 11 is 0. The van der Waals surface area contributed by atoms with Gasteiger partial charge in [-0.1, -0.05) is 46.0 Å². The maximum absolute atomic E-state index is 6.04. The summed E-state index contributed by atoms with van der Waals surface area (Å²) in [4.78, 5) is 0. The van der Waals surface area contributed by atoms with Gasteiger partial charge in [-0.05, 0) is 25.7 Å². The van der Waals surface area contributed by atoms with Crippen LogP contribution in [0.1, 0.15) is 71.6 Å². The number of unbranched alkanes of at least 4 members (excludes halogenated alkanes) is 3. The van der Waals surface area contributed by atoms with E-state index < -0.39 is 0 Å². The quantitative estimate of drug-likeness (QED) is 0.549. The van der Waals surface area contributed by atoms with E-state index >= 15 is 0 Å². The topological polar surface area (TPSA) is 52.0 Å². The van der Waals surface area contributed by atoms with Gasteiger partial charge < -0.3 is 11.5 Å². The Bertz CT molecular complexity index is 126. The van der Waals surface area contributed by atoms with Gasteiger partial charge >= 0.3 is 0 Å². The summed E-state index contributed by atoms with van der Waals surface area (Å²) < 4.78 is 0. The van der Waals surface area contributed by atoms with E-state index in [9.17, 15) is 0 Å². The lowest BCUT2D eigenvalue weighted by atomic mass is 9.99. The summed E-state index contributed by atoms with van der Waals surface area (Å²) in [5, 5.41) is 0. The van der Waals surface area contributed by atoms with E-state index in [1.54, 1.807) is 0 Å². The molecule has 0 heterocycles. The molecule has 0 aliphatic rings. The van der Waals surface area contributed by atoms with Crippen molar-refractivity contribution >= 4 is 0 Å². The largest absolute Gasteiger partial charge is 0.328 e. The second-order valence-electron chi connectivity index (χ2n) is 4.74. The van der Waals surface area contributed by atoms with E-state index in [0.717, 1.165) is 19.3 Å². The van der Waals surface area contributed by atoms with Crippen molar-refractivity contribution in [3.05, 3.63) is 0 Å². The van der Waals surface area contributed by atoms with Crippen molar-refractivity contribution in [2.75, 3.05) is 0 Å². The van der Waals surface area contributed by atoms with Crippen LogP contribution in [0.25, 0.3) is 0 Å². The fraction of sp³-hybridized carbons (Fsp3) is 1.00. The van der Waals surface area contributed by atoms with Crippen molar-refractivity contribution in [2.45, 2.75) is 83.7 Å². The molecule has 0 aromatic carbocycles. The molecular formula is C13H30N2. The van der Waals surface area contributed by atoms with Crippen LogP contribution in [0, 0.1) is 0 Å². The highest BCUT2D eigenvalue weighted by Crippen LogP contribution is 2.10. The van der Waals surface area contributed by atoms with Crippen molar-refractivity contribution in [3.8, 4) is 0 Å². The highest BCUT2D eigenvalue weighted by molar-refractivity contribution is 4.67. The third-order valence-electron chi connectivity index (χ3n) is 3.00. The fourth-order valence-electron chi connectivity index (χ4n) is 1.92. The van der Waals surface area contributed by atoms with Crippen LogP contribution < -0.4 is 11.5 Å². The Labute approximate surface area is 95.8 Å². The minimum Gasteiger partial charge on any atom is -0.328 e. The zero-order valence-corrected chi connectivity index (χ0v) is 10.7. The number of nitrogens with two attached hydrogens (primary N) is 2. The lowest BCUT2D eigenvalue weighted by Gasteiger charge is -2.14. The second kappa shape index (κ2) is 10.4. The van der Waals surface area contributed by atoms with Gasteiger partial charge in [0, 0.05) is 12.1 Å². The van der Waals surface area contributed by atoms with Crippen molar-refractivity contribution in [1.29, 1.82) is 0 Å². The van der Waals surface area contributed by atoms with E-state index in [1.165, 1.54) is 38.5 Å². The molecular weight excluding hydrogens is 184 g/mol. The Kier molecular flexibility index (Phi) is 10.4. The van der Waals surface area contributed by atoms with E-state index in [2.05, 4.69) is 13.8 Å². The molecule has 0 aromatic heterocycles. The molecule has 92 valence electrons. The van der Waals surface area contributed by atoms with E-state index in [4.69, 9.17) is 11.5 Å². The zero-order valence-electron chi connectivity index (χ0n) is 10.7. The molecule has 0 aliphatic heterocycles. The number of hydrogen-bond acceptors (Lipinski definition) is 2. The maximum Gasteiger partial charge on any atom is 0.00394 e. The minimum absolute atomic E-state index is 0.372. The van der Waals surface area contributed by atoms with Gasteiger partial charge in [0.25, 0.3) is 0 Å². The molecule has 0 fully saturated rings. The van der Waals surface area contributed by atoms with Gasteiger partial charge in [-0.2, -0.15) is 0 Å². The molecule has 15 heavy (non-hydrogen) atoms. The molecule has 2 heteroatoms. The standard InChI is InChI=1S/C13H30N2/c1-3-5-6-7-9-13(15)11-10-12(14)8-4-2/h12-13H,3-11,14-15H2,1-2H3. The Hall–Kier alpha value is -0.0800. The first-order chi connectivity index (χ1) is 7.20. The molecule has 2 atom stereocenters. The summed E-state index contributed by atoms with van der Waals surface area (Å²) in [5.41, 5.74) is 12.0. The SMILES string of the molecule is CCCCCCC(N)CCC(N)CCC. The predicted octanol–water partition coefficient (Wildman–Crippen LogP) is 3.19. The molecule has 2 nitrogen and oxygen atoms in total. The molecule has 0 saturated heterocycles. The van der Waals surface area contributed by atoms with Crippen molar-refractivity contribution in [2.24, 2.45) is 11.5 Å². The minimum atomic E-state index is 0.372. The van der Waals surface area contributed by atoms with E-state index in [-0.39, 0.29) is 0 Å². The summed E-state index contributed by atoms with van der Waals surface area (Å²) in [5.74, 6) is 0. The maximum atomic E-state index is 6.04. The number of rotatable bonds is 10. The Morgan fingerprint density at radius 2 is 1.27 bits per heavy atom. The van der Waals surface area contributed by atoms with Crippen LogP contribution in [0.3, 0.4) is 0 Å². The Morgan fingerprint density at radius 1 is 0.667 bits per heavy atom. The van der Waals surface area contributed by atoms with Gasteiger partial charge in [-0.25, -0.2) is 0 Å². The third kappa shape index (κ3) is 10.2. The van der Waals surface area contributed by atoms with Crippen molar-refractivity contribution in [3.63, 3.8) is 0 Å². The average molecular weight is 214 g/mol. The first kappa shape index (κ1) is 14.9. The van der Waals surface area contributed by atoms with Gasteiger partial charge in [0.15, 0.2) is 0 Å². The average Bonchev–Trinajstić information content (AvgIpc) is 2.22. The molecule has 0 amide bonds.